The zero-order chi connectivity index (χ0) is 13.1. The van der Waals surface area contributed by atoms with Crippen molar-refractivity contribution in [3.05, 3.63) is 22.5 Å². The lowest BCUT2D eigenvalue weighted by Crippen LogP contribution is -2.45. The zero-order valence-corrected chi connectivity index (χ0v) is 9.71. The normalized spacial score (nSPS) is 11.2. The number of hydrogen-bond acceptors (Lipinski definition) is 5. The van der Waals surface area contributed by atoms with Gasteiger partial charge >= 0.3 is 5.69 Å². The van der Waals surface area contributed by atoms with Crippen LogP contribution in [0.25, 0.3) is 0 Å². The summed E-state index contributed by atoms with van der Waals surface area (Å²) in [6.07, 6.45) is 2.30. The first-order valence-electron chi connectivity index (χ1n) is 5.00. The van der Waals surface area contributed by atoms with E-state index in [0.717, 1.165) is 6.20 Å². The van der Waals surface area contributed by atoms with Crippen LogP contribution in [0.2, 0.25) is 0 Å². The van der Waals surface area contributed by atoms with Crippen LogP contribution < -0.4 is 11.1 Å². The molecule has 8 nitrogen and oxygen atoms in total. The van der Waals surface area contributed by atoms with E-state index >= 15 is 0 Å². The second kappa shape index (κ2) is 4.91. The number of nitro groups is 1. The molecule has 0 aliphatic rings. The highest BCUT2D eigenvalue weighted by atomic mass is 16.6. The lowest BCUT2D eigenvalue weighted by Gasteiger charge is -2.18. The molecule has 1 rings (SSSR count). The predicted octanol–water partition coefficient (Wildman–Crippen LogP) is -0.355. The Kier molecular flexibility index (Phi) is 3.79. The lowest BCUT2D eigenvalue weighted by atomic mass is 10.1. The third-order valence-corrected chi connectivity index (χ3v) is 1.88. The van der Waals surface area contributed by atoms with Gasteiger partial charge in [-0.25, -0.2) is 0 Å². The number of rotatable bonds is 5. The summed E-state index contributed by atoms with van der Waals surface area (Å²) in [4.78, 5) is 21.3. The second-order valence-corrected chi connectivity index (χ2v) is 4.42. The number of carbonyl (C=O) groups excluding carboxylic acids is 1. The number of nitrogens with two attached hydrogens (primary N) is 1. The number of amides is 1. The van der Waals surface area contributed by atoms with Crippen LogP contribution in [0.5, 0.6) is 0 Å². The molecule has 0 radical (unpaired) electrons. The van der Waals surface area contributed by atoms with Crippen molar-refractivity contribution in [1.82, 2.24) is 15.1 Å². The molecule has 0 bridgehead atoms. The van der Waals surface area contributed by atoms with Gasteiger partial charge in [0.15, 0.2) is 0 Å². The number of nitrogens with zero attached hydrogens (tertiary/aromatic N) is 3. The molecule has 0 spiro atoms. The summed E-state index contributed by atoms with van der Waals surface area (Å²) in [5, 5.41) is 16.7. The summed E-state index contributed by atoms with van der Waals surface area (Å²) < 4.78 is 1.21. The molecule has 1 heterocycles. The molecule has 0 atom stereocenters. The van der Waals surface area contributed by atoms with E-state index in [1.54, 1.807) is 13.8 Å². The van der Waals surface area contributed by atoms with E-state index in [1.807, 2.05) is 0 Å². The largest absolute Gasteiger partial charge is 0.353 e. The highest BCUT2D eigenvalue weighted by molar-refractivity contribution is 5.75. The maximum Gasteiger partial charge on any atom is 0.307 e. The van der Waals surface area contributed by atoms with Crippen LogP contribution in [0.3, 0.4) is 0 Å². The van der Waals surface area contributed by atoms with E-state index in [2.05, 4.69) is 10.4 Å². The molecule has 8 heteroatoms. The second-order valence-electron chi connectivity index (χ2n) is 4.42. The molecule has 0 fully saturated rings. The number of hydrogen-bond donors (Lipinski definition) is 2. The van der Waals surface area contributed by atoms with Crippen LogP contribution in [0.1, 0.15) is 13.8 Å². The standard InChI is InChI=1S/C9H15N5O3/c1-9(2,10)6-11-8(15)5-13-4-7(3-12-13)14(16)17/h3-4H,5-6,10H2,1-2H3,(H,11,15). The monoisotopic (exact) mass is 241 g/mol. The van der Waals surface area contributed by atoms with Crippen LogP contribution in [0, 0.1) is 10.1 Å². The fraction of sp³-hybridized carbons (Fsp3) is 0.556. The average Bonchev–Trinajstić information content (AvgIpc) is 2.62. The fourth-order valence-corrected chi connectivity index (χ4v) is 1.06. The minimum atomic E-state index is -0.565. The van der Waals surface area contributed by atoms with Gasteiger partial charge in [-0.15, -0.1) is 0 Å². The first kappa shape index (κ1) is 13.1. The molecule has 0 saturated heterocycles. The molecule has 1 aromatic rings. The molecule has 3 N–H and O–H groups in total. The van der Waals surface area contributed by atoms with Gasteiger partial charge in [0.2, 0.25) is 5.91 Å². The Morgan fingerprint density at radius 1 is 1.71 bits per heavy atom. The van der Waals surface area contributed by atoms with E-state index in [0.29, 0.717) is 6.54 Å². The van der Waals surface area contributed by atoms with E-state index < -0.39 is 10.5 Å². The zero-order valence-electron chi connectivity index (χ0n) is 9.71. The maximum atomic E-state index is 11.4. The molecular weight excluding hydrogens is 226 g/mol. The summed E-state index contributed by atoms with van der Waals surface area (Å²) in [5.74, 6) is -0.290. The van der Waals surface area contributed by atoms with Crippen molar-refractivity contribution < 1.29 is 9.72 Å². The van der Waals surface area contributed by atoms with Crippen molar-refractivity contribution in [1.29, 1.82) is 0 Å². The van der Waals surface area contributed by atoms with Crippen LogP contribution >= 0.6 is 0 Å². The van der Waals surface area contributed by atoms with Gasteiger partial charge in [0.05, 0.1) is 4.92 Å². The summed E-state index contributed by atoms with van der Waals surface area (Å²) in [5.41, 5.74) is 5.06. The van der Waals surface area contributed by atoms with Gasteiger partial charge in [0, 0.05) is 12.1 Å². The average molecular weight is 241 g/mol. The van der Waals surface area contributed by atoms with Crippen LogP contribution in [-0.4, -0.2) is 32.7 Å². The number of aromatic nitrogens is 2. The molecule has 1 aromatic heterocycles. The Hall–Kier alpha value is -1.96. The number of carbonyl (C=O) groups is 1. The minimum Gasteiger partial charge on any atom is -0.353 e. The van der Waals surface area contributed by atoms with Crippen LogP contribution in [0.15, 0.2) is 12.4 Å². The summed E-state index contributed by atoms with van der Waals surface area (Å²) in [6.45, 7) is 3.83. The van der Waals surface area contributed by atoms with E-state index in [-0.39, 0.29) is 18.1 Å². The summed E-state index contributed by atoms with van der Waals surface area (Å²) in [6, 6.07) is 0. The van der Waals surface area contributed by atoms with E-state index in [4.69, 9.17) is 5.73 Å². The Morgan fingerprint density at radius 2 is 2.35 bits per heavy atom. The smallest absolute Gasteiger partial charge is 0.307 e. The van der Waals surface area contributed by atoms with Gasteiger partial charge in [-0.1, -0.05) is 0 Å². The minimum absolute atomic E-state index is 0.0656. The Balaban J connectivity index is 2.48. The van der Waals surface area contributed by atoms with E-state index in [1.165, 1.54) is 10.9 Å². The van der Waals surface area contributed by atoms with Crippen molar-refractivity contribution in [2.45, 2.75) is 25.9 Å². The van der Waals surface area contributed by atoms with Crippen molar-refractivity contribution in [2.75, 3.05) is 6.54 Å². The van der Waals surface area contributed by atoms with Crippen LogP contribution in [0.4, 0.5) is 5.69 Å². The predicted molar refractivity (Wildman–Crippen MR) is 60.2 cm³/mol. The van der Waals surface area contributed by atoms with Gasteiger partial charge in [-0.05, 0) is 13.8 Å². The van der Waals surface area contributed by atoms with Gasteiger partial charge < -0.3 is 11.1 Å². The highest BCUT2D eigenvalue weighted by Crippen LogP contribution is 2.07. The first-order chi connectivity index (χ1) is 7.78. The van der Waals surface area contributed by atoms with E-state index in [9.17, 15) is 14.9 Å². The molecule has 94 valence electrons. The Morgan fingerprint density at radius 3 is 2.82 bits per heavy atom. The molecule has 0 unspecified atom stereocenters. The van der Waals surface area contributed by atoms with Crippen molar-refractivity contribution in [2.24, 2.45) is 5.73 Å². The van der Waals surface area contributed by atoms with Crippen molar-refractivity contribution in [3.8, 4) is 0 Å². The Bertz CT molecular complexity index is 421. The first-order valence-corrected chi connectivity index (χ1v) is 5.00. The third kappa shape index (κ3) is 4.60. The molecule has 0 aliphatic carbocycles. The third-order valence-electron chi connectivity index (χ3n) is 1.88. The van der Waals surface area contributed by atoms with Crippen molar-refractivity contribution >= 4 is 11.6 Å². The fourth-order valence-electron chi connectivity index (χ4n) is 1.06. The van der Waals surface area contributed by atoms with Crippen molar-refractivity contribution in [3.63, 3.8) is 0 Å². The molecule has 0 aromatic carbocycles. The molecule has 0 aliphatic heterocycles. The molecule has 0 saturated carbocycles. The molecule has 17 heavy (non-hydrogen) atoms. The lowest BCUT2D eigenvalue weighted by molar-refractivity contribution is -0.385. The van der Waals surface area contributed by atoms with Gasteiger partial charge in [-0.2, -0.15) is 5.10 Å². The molecular formula is C9H15N5O3. The quantitative estimate of drug-likeness (QED) is 0.539. The van der Waals surface area contributed by atoms with Gasteiger partial charge in [0.1, 0.15) is 18.9 Å². The summed E-state index contributed by atoms with van der Waals surface area (Å²) >= 11 is 0. The topological polar surface area (TPSA) is 116 Å². The number of nitrogens with one attached hydrogen (secondary N) is 1. The summed E-state index contributed by atoms with van der Waals surface area (Å²) in [7, 11) is 0. The highest BCUT2D eigenvalue weighted by Gasteiger charge is 2.14. The van der Waals surface area contributed by atoms with Crippen LogP contribution in [-0.2, 0) is 11.3 Å². The Labute approximate surface area is 97.9 Å². The molecule has 1 amide bonds. The van der Waals surface area contributed by atoms with Gasteiger partial charge in [-0.3, -0.25) is 19.6 Å². The SMILES string of the molecule is CC(C)(N)CNC(=O)Cn1cc([N+](=O)[O-])cn1. The maximum absolute atomic E-state index is 11.4. The van der Waals surface area contributed by atoms with Gasteiger partial charge in [0.25, 0.3) is 0 Å².